The Bertz CT molecular complexity index is 1300. The normalized spacial score (nSPS) is 19.0. The SMILES string of the molecule is Nc1nc(N[C@H]2CC[C@@H](OC(F)F)CC2)nn2ccc(-c3ccc4nnn(CC(F)F)c4n3)c12. The van der Waals surface area contributed by atoms with E-state index in [4.69, 9.17) is 5.73 Å². The van der Waals surface area contributed by atoms with Crippen LogP contribution in [0.3, 0.4) is 0 Å². The number of rotatable bonds is 7. The van der Waals surface area contributed by atoms with Gasteiger partial charge in [-0.1, -0.05) is 5.21 Å². The van der Waals surface area contributed by atoms with Gasteiger partial charge in [0.2, 0.25) is 5.95 Å². The summed E-state index contributed by atoms with van der Waals surface area (Å²) < 4.78 is 57.7. The average molecular weight is 479 g/mol. The fourth-order valence-electron chi connectivity index (χ4n) is 4.25. The first-order chi connectivity index (χ1) is 16.4. The lowest BCUT2D eigenvalue weighted by molar-refractivity contribution is -0.169. The number of aromatic nitrogens is 7. The van der Waals surface area contributed by atoms with Crippen molar-refractivity contribution in [1.29, 1.82) is 0 Å². The summed E-state index contributed by atoms with van der Waals surface area (Å²) in [5.74, 6) is 0.515. The highest BCUT2D eigenvalue weighted by molar-refractivity contribution is 5.88. The van der Waals surface area contributed by atoms with E-state index in [1.54, 1.807) is 28.9 Å². The molecule has 0 spiro atoms. The number of nitrogens with one attached hydrogen (secondary N) is 1. The van der Waals surface area contributed by atoms with E-state index in [9.17, 15) is 17.6 Å². The zero-order valence-corrected chi connectivity index (χ0v) is 17.8. The first kappa shape index (κ1) is 22.3. The van der Waals surface area contributed by atoms with Crippen molar-refractivity contribution in [2.45, 2.75) is 57.4 Å². The number of nitrogens with zero attached hydrogens (tertiary/aromatic N) is 7. The molecule has 0 saturated heterocycles. The van der Waals surface area contributed by atoms with Gasteiger partial charge in [0.1, 0.15) is 17.6 Å². The lowest BCUT2D eigenvalue weighted by atomic mass is 9.93. The largest absolute Gasteiger partial charge is 0.382 e. The second-order valence-corrected chi connectivity index (χ2v) is 8.06. The Morgan fingerprint density at radius 2 is 1.88 bits per heavy atom. The van der Waals surface area contributed by atoms with E-state index in [2.05, 4.69) is 35.4 Å². The molecule has 0 aromatic carbocycles. The maximum atomic E-state index is 12.8. The number of alkyl halides is 4. The van der Waals surface area contributed by atoms with E-state index in [0.717, 1.165) is 4.68 Å². The second-order valence-electron chi connectivity index (χ2n) is 8.06. The highest BCUT2D eigenvalue weighted by Gasteiger charge is 2.25. The molecule has 1 aliphatic carbocycles. The van der Waals surface area contributed by atoms with Crippen molar-refractivity contribution >= 4 is 28.4 Å². The van der Waals surface area contributed by atoms with E-state index in [-0.39, 0.29) is 17.5 Å². The molecule has 0 radical (unpaired) electrons. The molecule has 0 amide bonds. The van der Waals surface area contributed by atoms with E-state index >= 15 is 0 Å². The Hall–Kier alpha value is -3.55. The third kappa shape index (κ3) is 4.44. The summed E-state index contributed by atoms with van der Waals surface area (Å²) >= 11 is 0. The standard InChI is InChI=1S/C20H21F4N9O/c21-15(22)9-33-18-14(29-31-33)6-5-13(27-18)12-7-8-32-16(12)17(25)28-20(30-32)26-10-1-3-11(4-2-10)34-19(23)24/h5-8,10-11,15,19H,1-4,9H2,(H3,25,26,28,30)/t10-,11+. The van der Waals surface area contributed by atoms with Crippen LogP contribution in [0, 0.1) is 0 Å². The van der Waals surface area contributed by atoms with Crippen LogP contribution in [0.15, 0.2) is 24.4 Å². The summed E-state index contributed by atoms with van der Waals surface area (Å²) in [6.07, 6.45) is 0.960. The summed E-state index contributed by atoms with van der Waals surface area (Å²) in [6.45, 7) is -3.38. The maximum Gasteiger partial charge on any atom is 0.345 e. The minimum atomic E-state index is -2.76. The minimum Gasteiger partial charge on any atom is -0.382 e. The molecule has 180 valence electrons. The van der Waals surface area contributed by atoms with Gasteiger partial charge in [0.05, 0.1) is 11.8 Å². The smallest absolute Gasteiger partial charge is 0.345 e. The molecule has 4 aromatic rings. The van der Waals surface area contributed by atoms with Crippen LogP contribution in [0.4, 0.5) is 29.3 Å². The van der Waals surface area contributed by atoms with Crippen molar-refractivity contribution in [2.75, 3.05) is 11.1 Å². The Balaban J connectivity index is 1.38. The molecule has 5 rings (SSSR count). The van der Waals surface area contributed by atoms with Crippen molar-refractivity contribution in [3.05, 3.63) is 24.4 Å². The van der Waals surface area contributed by atoms with Gasteiger partial charge >= 0.3 is 6.61 Å². The number of ether oxygens (including phenoxy) is 1. The quantitative estimate of drug-likeness (QED) is 0.387. The molecule has 34 heavy (non-hydrogen) atoms. The Morgan fingerprint density at radius 3 is 2.62 bits per heavy atom. The van der Waals surface area contributed by atoms with E-state index in [1.807, 2.05) is 0 Å². The molecule has 3 N–H and O–H groups in total. The first-order valence-corrected chi connectivity index (χ1v) is 10.7. The van der Waals surface area contributed by atoms with E-state index in [0.29, 0.717) is 53.9 Å². The summed E-state index contributed by atoms with van der Waals surface area (Å²) in [6, 6.07) is 5.12. The van der Waals surface area contributed by atoms with Gasteiger partial charge in [-0.15, -0.1) is 10.2 Å². The van der Waals surface area contributed by atoms with Crippen molar-refractivity contribution in [3.8, 4) is 11.3 Å². The molecular formula is C20H21F4N9O. The summed E-state index contributed by atoms with van der Waals surface area (Å²) in [5.41, 5.74) is 8.50. The van der Waals surface area contributed by atoms with Crippen LogP contribution in [-0.4, -0.2) is 59.8 Å². The summed E-state index contributed by atoms with van der Waals surface area (Å²) in [7, 11) is 0. The fourth-order valence-corrected chi connectivity index (χ4v) is 4.25. The van der Waals surface area contributed by atoms with Gasteiger partial charge in [-0.3, -0.25) is 0 Å². The molecule has 1 fully saturated rings. The number of pyridine rings is 1. The molecule has 0 aliphatic heterocycles. The van der Waals surface area contributed by atoms with Gasteiger partial charge in [0.15, 0.2) is 11.5 Å². The second kappa shape index (κ2) is 9.00. The predicted molar refractivity (Wildman–Crippen MR) is 114 cm³/mol. The highest BCUT2D eigenvalue weighted by atomic mass is 19.3. The van der Waals surface area contributed by atoms with Gasteiger partial charge in [0, 0.05) is 17.8 Å². The Morgan fingerprint density at radius 1 is 1.09 bits per heavy atom. The molecule has 0 bridgehead atoms. The number of nitrogen functional groups attached to an aromatic ring is 1. The van der Waals surface area contributed by atoms with Crippen LogP contribution in [-0.2, 0) is 11.3 Å². The molecule has 0 unspecified atom stereocenters. The molecule has 10 nitrogen and oxygen atoms in total. The molecule has 4 heterocycles. The lowest BCUT2D eigenvalue weighted by Crippen LogP contribution is -2.31. The van der Waals surface area contributed by atoms with Gasteiger partial charge < -0.3 is 15.8 Å². The topological polar surface area (TPSA) is 121 Å². The molecular weight excluding hydrogens is 458 g/mol. The number of fused-ring (bicyclic) bond motifs is 2. The van der Waals surface area contributed by atoms with Crippen molar-refractivity contribution < 1.29 is 22.3 Å². The zero-order chi connectivity index (χ0) is 23.8. The number of halogens is 4. The van der Waals surface area contributed by atoms with Gasteiger partial charge in [-0.25, -0.2) is 23.0 Å². The van der Waals surface area contributed by atoms with Crippen LogP contribution >= 0.6 is 0 Å². The predicted octanol–water partition coefficient (Wildman–Crippen LogP) is 3.35. The third-order valence-electron chi connectivity index (χ3n) is 5.79. The fraction of sp³-hybridized carbons (Fsp3) is 0.450. The number of hydrogen-bond acceptors (Lipinski definition) is 8. The third-order valence-corrected chi connectivity index (χ3v) is 5.79. The van der Waals surface area contributed by atoms with Crippen LogP contribution in [0.1, 0.15) is 25.7 Å². The monoisotopic (exact) mass is 479 g/mol. The molecule has 0 atom stereocenters. The molecule has 1 aliphatic rings. The van der Waals surface area contributed by atoms with Crippen molar-refractivity contribution in [2.24, 2.45) is 0 Å². The number of anilines is 2. The Labute approximate surface area is 190 Å². The molecule has 14 heteroatoms. The van der Waals surface area contributed by atoms with Gasteiger partial charge in [0.25, 0.3) is 6.43 Å². The van der Waals surface area contributed by atoms with Gasteiger partial charge in [-0.05, 0) is 43.9 Å². The van der Waals surface area contributed by atoms with Crippen molar-refractivity contribution in [3.63, 3.8) is 0 Å². The molecule has 1 saturated carbocycles. The van der Waals surface area contributed by atoms with E-state index < -0.39 is 25.7 Å². The van der Waals surface area contributed by atoms with Gasteiger partial charge in [-0.2, -0.15) is 13.8 Å². The average Bonchev–Trinajstić information content (AvgIpc) is 3.39. The van der Waals surface area contributed by atoms with Crippen LogP contribution < -0.4 is 11.1 Å². The van der Waals surface area contributed by atoms with Crippen molar-refractivity contribution in [1.82, 2.24) is 34.6 Å². The minimum absolute atomic E-state index is 0.0103. The van der Waals surface area contributed by atoms with Crippen LogP contribution in [0.2, 0.25) is 0 Å². The number of nitrogens with two attached hydrogens (primary N) is 1. The van der Waals surface area contributed by atoms with Crippen LogP contribution in [0.25, 0.3) is 27.9 Å². The maximum absolute atomic E-state index is 12.8. The zero-order valence-electron chi connectivity index (χ0n) is 17.8. The van der Waals surface area contributed by atoms with Crippen LogP contribution in [0.5, 0.6) is 0 Å². The first-order valence-electron chi connectivity index (χ1n) is 10.7. The summed E-state index contributed by atoms with van der Waals surface area (Å²) in [5, 5.41) is 15.3. The van der Waals surface area contributed by atoms with E-state index in [1.165, 1.54) is 0 Å². The Kier molecular flexibility index (Phi) is 5.89. The number of hydrogen-bond donors (Lipinski definition) is 2. The molecule has 4 aromatic heterocycles. The summed E-state index contributed by atoms with van der Waals surface area (Å²) in [4.78, 5) is 8.82. The highest BCUT2D eigenvalue weighted by Crippen LogP contribution is 2.30. The lowest BCUT2D eigenvalue weighted by Gasteiger charge is -2.28.